The summed E-state index contributed by atoms with van der Waals surface area (Å²) in [4.78, 5) is 20.7. The lowest BCUT2D eigenvalue weighted by molar-refractivity contribution is 0.1000. The number of halogens is 1. The van der Waals surface area contributed by atoms with Crippen LogP contribution in [0.15, 0.2) is 33.6 Å². The molecule has 1 amide bonds. The van der Waals surface area contributed by atoms with Crippen LogP contribution in [0.4, 0.5) is 5.82 Å². The van der Waals surface area contributed by atoms with Gasteiger partial charge in [-0.15, -0.1) is 11.8 Å². The summed E-state index contributed by atoms with van der Waals surface area (Å²) in [6, 6.07) is 7.94. The number of hydrogen-bond acceptors (Lipinski definition) is 5. The van der Waals surface area contributed by atoms with Gasteiger partial charge in [-0.25, -0.2) is 9.97 Å². The van der Waals surface area contributed by atoms with Crippen LogP contribution < -0.4 is 11.5 Å². The van der Waals surface area contributed by atoms with Gasteiger partial charge in [0.15, 0.2) is 0 Å². The Morgan fingerprint density at radius 2 is 2.15 bits per heavy atom. The Kier molecular flexibility index (Phi) is 4.61. The third kappa shape index (κ3) is 3.49. The van der Waals surface area contributed by atoms with E-state index in [1.165, 1.54) is 0 Å². The molecular weight excluding hydrogens is 340 g/mol. The second-order valence-electron chi connectivity index (χ2n) is 4.10. The van der Waals surface area contributed by atoms with Crippen molar-refractivity contribution in [3.05, 3.63) is 45.8 Å². The lowest BCUT2D eigenvalue weighted by Crippen LogP contribution is -2.18. The molecule has 5 nitrogen and oxygen atoms in total. The molecule has 4 N–H and O–H groups in total. The van der Waals surface area contributed by atoms with Crippen molar-refractivity contribution in [3.63, 3.8) is 0 Å². The van der Waals surface area contributed by atoms with Crippen molar-refractivity contribution in [3.8, 4) is 0 Å². The highest BCUT2D eigenvalue weighted by atomic mass is 79.9. The molecule has 1 aromatic heterocycles. The lowest BCUT2D eigenvalue weighted by Gasteiger charge is -2.07. The molecule has 0 aliphatic heterocycles. The molecule has 0 saturated carbocycles. The molecule has 1 aromatic carbocycles. The first-order valence-corrected chi connectivity index (χ1v) is 7.56. The number of carbonyl (C=O) groups is 1. The standard InChI is InChI=1S/C13H13BrN4OS/c1-7-11(13(16)19)12(15)18-10(17-7)6-20-9-4-2-3-8(14)5-9/h2-5H,6H2,1H3,(H2,16,19)(H2,15,17,18). The summed E-state index contributed by atoms with van der Waals surface area (Å²) in [6.07, 6.45) is 0. The number of hydrogen-bond donors (Lipinski definition) is 2. The minimum Gasteiger partial charge on any atom is -0.383 e. The van der Waals surface area contributed by atoms with Gasteiger partial charge in [-0.05, 0) is 25.1 Å². The number of anilines is 1. The quantitative estimate of drug-likeness (QED) is 0.824. The summed E-state index contributed by atoms with van der Waals surface area (Å²) in [5, 5.41) is 0. The monoisotopic (exact) mass is 352 g/mol. The predicted molar refractivity (Wildman–Crippen MR) is 83.4 cm³/mol. The van der Waals surface area contributed by atoms with E-state index >= 15 is 0 Å². The van der Waals surface area contributed by atoms with Gasteiger partial charge >= 0.3 is 0 Å². The zero-order chi connectivity index (χ0) is 14.7. The number of nitrogens with two attached hydrogens (primary N) is 2. The van der Waals surface area contributed by atoms with Crippen molar-refractivity contribution in [2.75, 3.05) is 5.73 Å². The van der Waals surface area contributed by atoms with Crippen LogP contribution in [0, 0.1) is 6.92 Å². The van der Waals surface area contributed by atoms with Crippen molar-refractivity contribution in [2.24, 2.45) is 5.73 Å². The summed E-state index contributed by atoms with van der Waals surface area (Å²) in [5.74, 6) is 0.677. The molecule has 1 heterocycles. The summed E-state index contributed by atoms with van der Waals surface area (Å²) in [7, 11) is 0. The SMILES string of the molecule is Cc1nc(CSc2cccc(Br)c2)nc(N)c1C(N)=O. The molecule has 2 aromatic rings. The average Bonchev–Trinajstić information content (AvgIpc) is 2.35. The molecule has 0 fully saturated rings. The van der Waals surface area contributed by atoms with E-state index in [4.69, 9.17) is 11.5 Å². The van der Waals surface area contributed by atoms with Gasteiger partial charge in [-0.2, -0.15) is 0 Å². The fourth-order valence-electron chi connectivity index (χ4n) is 1.73. The van der Waals surface area contributed by atoms with Gasteiger partial charge in [-0.3, -0.25) is 4.79 Å². The number of rotatable bonds is 4. The molecule has 0 bridgehead atoms. The summed E-state index contributed by atoms with van der Waals surface area (Å²) in [5.41, 5.74) is 11.7. The van der Waals surface area contributed by atoms with Crippen LogP contribution in [0.2, 0.25) is 0 Å². The highest BCUT2D eigenvalue weighted by Crippen LogP contribution is 2.25. The zero-order valence-corrected chi connectivity index (χ0v) is 13.2. The first-order chi connectivity index (χ1) is 9.47. The second kappa shape index (κ2) is 6.23. The van der Waals surface area contributed by atoms with Gasteiger partial charge in [0.25, 0.3) is 5.91 Å². The molecule has 0 unspecified atom stereocenters. The topological polar surface area (TPSA) is 94.9 Å². The lowest BCUT2D eigenvalue weighted by atomic mass is 10.2. The fourth-order valence-corrected chi connectivity index (χ4v) is 3.09. The third-order valence-electron chi connectivity index (χ3n) is 2.57. The highest BCUT2D eigenvalue weighted by Gasteiger charge is 2.14. The van der Waals surface area contributed by atoms with E-state index < -0.39 is 5.91 Å². The number of thioether (sulfide) groups is 1. The maximum absolute atomic E-state index is 11.2. The first kappa shape index (κ1) is 14.8. The van der Waals surface area contributed by atoms with Crippen LogP contribution in [-0.4, -0.2) is 15.9 Å². The predicted octanol–water partition coefficient (Wildman–Crippen LogP) is 2.52. The Morgan fingerprint density at radius 1 is 1.40 bits per heavy atom. The largest absolute Gasteiger partial charge is 0.383 e. The Balaban J connectivity index is 2.17. The van der Waals surface area contributed by atoms with Crippen LogP contribution in [0.1, 0.15) is 21.9 Å². The van der Waals surface area contributed by atoms with Crippen molar-refractivity contribution in [1.29, 1.82) is 0 Å². The van der Waals surface area contributed by atoms with Gasteiger partial charge < -0.3 is 11.5 Å². The Labute approximate surface area is 129 Å². The summed E-state index contributed by atoms with van der Waals surface area (Å²) in [6.45, 7) is 1.70. The molecule has 0 aliphatic rings. The molecule has 0 aliphatic carbocycles. The van der Waals surface area contributed by atoms with Crippen LogP contribution in [0.3, 0.4) is 0 Å². The highest BCUT2D eigenvalue weighted by molar-refractivity contribution is 9.10. The smallest absolute Gasteiger partial charge is 0.254 e. The molecule has 7 heteroatoms. The summed E-state index contributed by atoms with van der Waals surface area (Å²) < 4.78 is 1.02. The number of benzene rings is 1. The minimum absolute atomic E-state index is 0.134. The van der Waals surface area contributed by atoms with Crippen LogP contribution in [-0.2, 0) is 5.75 Å². The van der Waals surface area contributed by atoms with E-state index in [9.17, 15) is 4.79 Å². The van der Waals surface area contributed by atoms with E-state index in [1.807, 2.05) is 24.3 Å². The average molecular weight is 353 g/mol. The van der Waals surface area contributed by atoms with E-state index in [2.05, 4.69) is 25.9 Å². The Morgan fingerprint density at radius 3 is 2.75 bits per heavy atom. The van der Waals surface area contributed by atoms with E-state index in [-0.39, 0.29) is 11.4 Å². The van der Waals surface area contributed by atoms with Gasteiger partial charge in [-0.1, -0.05) is 22.0 Å². The maximum atomic E-state index is 11.2. The van der Waals surface area contributed by atoms with E-state index in [0.717, 1.165) is 9.37 Å². The van der Waals surface area contributed by atoms with Crippen molar-refractivity contribution >= 4 is 39.4 Å². The van der Waals surface area contributed by atoms with E-state index in [0.29, 0.717) is 17.3 Å². The molecule has 104 valence electrons. The number of aryl methyl sites for hydroxylation is 1. The van der Waals surface area contributed by atoms with Gasteiger partial charge in [0.2, 0.25) is 0 Å². The number of nitrogens with zero attached hydrogens (tertiary/aromatic N) is 2. The van der Waals surface area contributed by atoms with Gasteiger partial charge in [0.1, 0.15) is 17.2 Å². The number of primary amides is 1. The molecule has 0 radical (unpaired) electrons. The number of aromatic nitrogens is 2. The summed E-state index contributed by atoms with van der Waals surface area (Å²) >= 11 is 5.01. The van der Waals surface area contributed by atoms with Crippen LogP contribution >= 0.6 is 27.7 Å². The van der Waals surface area contributed by atoms with Crippen LogP contribution in [0.5, 0.6) is 0 Å². The normalized spacial score (nSPS) is 10.5. The van der Waals surface area contributed by atoms with Gasteiger partial charge in [0, 0.05) is 9.37 Å². The first-order valence-electron chi connectivity index (χ1n) is 5.78. The Hall–Kier alpha value is -1.60. The fraction of sp³-hybridized carbons (Fsp3) is 0.154. The molecular formula is C13H13BrN4OS. The third-order valence-corrected chi connectivity index (χ3v) is 4.06. The molecule has 2 rings (SSSR count). The number of carbonyl (C=O) groups excluding carboxylic acids is 1. The zero-order valence-electron chi connectivity index (χ0n) is 10.8. The van der Waals surface area contributed by atoms with Crippen molar-refractivity contribution in [1.82, 2.24) is 9.97 Å². The second-order valence-corrected chi connectivity index (χ2v) is 6.06. The molecule has 0 atom stereocenters. The number of nitrogen functional groups attached to an aromatic ring is 1. The van der Waals surface area contributed by atoms with Crippen molar-refractivity contribution in [2.45, 2.75) is 17.6 Å². The maximum Gasteiger partial charge on any atom is 0.254 e. The van der Waals surface area contributed by atoms with Crippen molar-refractivity contribution < 1.29 is 4.79 Å². The molecule has 20 heavy (non-hydrogen) atoms. The molecule has 0 saturated heterocycles. The number of amides is 1. The Bertz CT molecular complexity index is 640. The van der Waals surface area contributed by atoms with E-state index in [1.54, 1.807) is 18.7 Å². The van der Waals surface area contributed by atoms with Crippen LogP contribution in [0.25, 0.3) is 0 Å². The minimum atomic E-state index is -0.605. The molecule has 0 spiro atoms. The van der Waals surface area contributed by atoms with Gasteiger partial charge in [0.05, 0.1) is 11.4 Å².